The quantitative estimate of drug-likeness (QED) is 0.737. The highest BCUT2D eigenvalue weighted by molar-refractivity contribution is 6.22. The molecule has 1 aliphatic rings. The molecule has 9 heteroatoms. The van der Waals surface area contributed by atoms with Gasteiger partial charge in [-0.1, -0.05) is 0 Å². The zero-order valence-electron chi connectivity index (χ0n) is 12.8. The summed E-state index contributed by atoms with van der Waals surface area (Å²) in [4.78, 5) is 35.9. The van der Waals surface area contributed by atoms with Crippen molar-refractivity contribution < 1.29 is 33.7 Å². The van der Waals surface area contributed by atoms with Gasteiger partial charge in [0, 0.05) is 12.1 Å². The summed E-state index contributed by atoms with van der Waals surface area (Å²) >= 11 is 0. The molecule has 0 aromatic heterocycles. The Kier molecular flexibility index (Phi) is 4.58. The normalized spacial score (nSPS) is 17.0. The van der Waals surface area contributed by atoms with Gasteiger partial charge in [-0.25, -0.2) is 9.69 Å². The number of urea groups is 1. The van der Waals surface area contributed by atoms with Crippen LogP contribution in [0, 0.1) is 0 Å². The van der Waals surface area contributed by atoms with Crippen LogP contribution in [0.25, 0.3) is 0 Å². The van der Waals surface area contributed by atoms with Crippen LogP contribution in [0.3, 0.4) is 0 Å². The molecule has 0 aliphatic carbocycles. The van der Waals surface area contributed by atoms with Crippen molar-refractivity contribution in [2.45, 2.75) is 12.5 Å². The van der Waals surface area contributed by atoms with Crippen molar-refractivity contribution in [2.24, 2.45) is 0 Å². The molecule has 1 fully saturated rings. The summed E-state index contributed by atoms with van der Waals surface area (Å²) < 4.78 is 15.5. The molecule has 1 aliphatic heterocycles. The summed E-state index contributed by atoms with van der Waals surface area (Å²) in [5.41, 5.74) is 0.190. The SMILES string of the molecule is COc1cc(N2C(=O)N[C@H](CC(=O)O)C2=O)cc(OC)c1OC. The fourth-order valence-electron chi connectivity index (χ4n) is 2.29. The first-order valence-electron chi connectivity index (χ1n) is 6.59. The number of carboxylic acids is 1. The highest BCUT2D eigenvalue weighted by Gasteiger charge is 2.40. The van der Waals surface area contributed by atoms with E-state index in [1.54, 1.807) is 0 Å². The third-order valence-corrected chi connectivity index (χ3v) is 3.31. The van der Waals surface area contributed by atoms with Crippen LogP contribution in [0.2, 0.25) is 0 Å². The molecule has 1 aromatic rings. The lowest BCUT2D eigenvalue weighted by Crippen LogP contribution is -2.32. The second-order valence-corrected chi connectivity index (χ2v) is 4.66. The van der Waals surface area contributed by atoms with E-state index in [1.807, 2.05) is 0 Å². The van der Waals surface area contributed by atoms with Gasteiger partial charge >= 0.3 is 12.0 Å². The molecular weight excluding hydrogens is 308 g/mol. The highest BCUT2D eigenvalue weighted by Crippen LogP contribution is 2.41. The van der Waals surface area contributed by atoms with Crippen molar-refractivity contribution in [1.82, 2.24) is 5.32 Å². The molecule has 0 radical (unpaired) electrons. The average Bonchev–Trinajstić information content (AvgIpc) is 2.79. The van der Waals surface area contributed by atoms with Crippen molar-refractivity contribution in [3.63, 3.8) is 0 Å². The molecule has 2 rings (SSSR count). The van der Waals surface area contributed by atoms with Crippen LogP contribution in [-0.4, -0.2) is 50.4 Å². The minimum Gasteiger partial charge on any atom is -0.493 e. The topological polar surface area (TPSA) is 114 Å². The Morgan fingerprint density at radius 1 is 1.17 bits per heavy atom. The second-order valence-electron chi connectivity index (χ2n) is 4.66. The van der Waals surface area contributed by atoms with Crippen LogP contribution in [0.1, 0.15) is 6.42 Å². The number of nitrogens with zero attached hydrogens (tertiary/aromatic N) is 1. The summed E-state index contributed by atoms with van der Waals surface area (Å²) in [6.07, 6.45) is -0.495. The van der Waals surface area contributed by atoms with Crippen molar-refractivity contribution in [3.05, 3.63) is 12.1 Å². The minimum atomic E-state index is -1.18. The van der Waals surface area contributed by atoms with Gasteiger partial charge in [0.05, 0.1) is 33.4 Å². The van der Waals surface area contributed by atoms with E-state index in [2.05, 4.69) is 5.32 Å². The number of hydrogen-bond donors (Lipinski definition) is 2. The summed E-state index contributed by atoms with van der Waals surface area (Å²) in [6, 6.07) is 1.04. The van der Waals surface area contributed by atoms with Crippen LogP contribution in [0.5, 0.6) is 17.2 Å². The van der Waals surface area contributed by atoms with Gasteiger partial charge in [0.2, 0.25) is 5.75 Å². The fraction of sp³-hybridized carbons (Fsp3) is 0.357. The maximum absolute atomic E-state index is 12.3. The first kappa shape index (κ1) is 16.4. The van der Waals surface area contributed by atoms with Gasteiger partial charge in [-0.15, -0.1) is 0 Å². The number of carbonyl (C=O) groups excluding carboxylic acids is 2. The zero-order valence-corrected chi connectivity index (χ0v) is 12.8. The van der Waals surface area contributed by atoms with E-state index in [0.717, 1.165) is 4.90 Å². The molecule has 0 saturated carbocycles. The fourth-order valence-corrected chi connectivity index (χ4v) is 2.29. The predicted molar refractivity (Wildman–Crippen MR) is 78.2 cm³/mol. The van der Waals surface area contributed by atoms with Crippen molar-refractivity contribution >= 4 is 23.6 Å². The number of hydrogen-bond acceptors (Lipinski definition) is 6. The van der Waals surface area contributed by atoms with E-state index >= 15 is 0 Å². The number of nitrogens with one attached hydrogen (secondary N) is 1. The number of aliphatic carboxylic acids is 1. The molecule has 124 valence electrons. The van der Waals surface area contributed by atoms with E-state index in [4.69, 9.17) is 19.3 Å². The smallest absolute Gasteiger partial charge is 0.329 e. The highest BCUT2D eigenvalue weighted by atomic mass is 16.5. The molecule has 0 bridgehead atoms. The molecule has 1 heterocycles. The number of carboxylic acid groups (broad SMARTS) is 1. The number of imide groups is 1. The van der Waals surface area contributed by atoms with Crippen LogP contribution >= 0.6 is 0 Å². The standard InChI is InChI=1S/C14H16N2O7/c1-21-9-4-7(5-10(22-2)12(9)23-3)16-13(19)8(6-11(17)18)15-14(16)20/h4-5,8H,6H2,1-3H3,(H,15,20)(H,17,18)/t8-/m1/s1. The van der Waals surface area contributed by atoms with Gasteiger partial charge < -0.3 is 24.6 Å². The van der Waals surface area contributed by atoms with Gasteiger partial charge in [-0.05, 0) is 0 Å². The van der Waals surface area contributed by atoms with E-state index < -0.39 is 30.4 Å². The van der Waals surface area contributed by atoms with Crippen molar-refractivity contribution in [3.8, 4) is 17.2 Å². The Morgan fingerprint density at radius 3 is 2.17 bits per heavy atom. The maximum Gasteiger partial charge on any atom is 0.329 e. The van der Waals surface area contributed by atoms with Gasteiger partial charge in [0.15, 0.2) is 11.5 Å². The van der Waals surface area contributed by atoms with E-state index in [-0.39, 0.29) is 17.2 Å². The Balaban J connectivity index is 2.43. The summed E-state index contributed by atoms with van der Waals surface area (Å²) in [6.45, 7) is 0. The number of ether oxygens (including phenoxy) is 3. The molecule has 1 saturated heterocycles. The van der Waals surface area contributed by atoms with Gasteiger partial charge in [0.1, 0.15) is 6.04 Å². The third kappa shape index (κ3) is 2.98. The predicted octanol–water partition coefficient (Wildman–Crippen LogP) is 0.612. The molecule has 2 N–H and O–H groups in total. The second kappa shape index (κ2) is 6.42. The molecule has 1 atom stereocenters. The van der Waals surface area contributed by atoms with Gasteiger partial charge in [-0.2, -0.15) is 0 Å². The monoisotopic (exact) mass is 324 g/mol. The number of amides is 3. The molecule has 0 spiro atoms. The number of anilines is 1. The molecule has 3 amide bonds. The zero-order chi connectivity index (χ0) is 17.1. The Morgan fingerprint density at radius 2 is 1.74 bits per heavy atom. The first-order chi connectivity index (χ1) is 10.9. The van der Waals surface area contributed by atoms with Crippen LogP contribution < -0.4 is 24.4 Å². The Hall–Kier alpha value is -2.97. The van der Waals surface area contributed by atoms with Gasteiger partial charge in [0.25, 0.3) is 5.91 Å². The van der Waals surface area contributed by atoms with E-state index in [0.29, 0.717) is 5.75 Å². The first-order valence-corrected chi connectivity index (χ1v) is 6.59. The van der Waals surface area contributed by atoms with Crippen LogP contribution in [0.15, 0.2) is 12.1 Å². The Labute approximate surface area is 131 Å². The number of rotatable bonds is 6. The maximum atomic E-state index is 12.3. The summed E-state index contributed by atoms with van der Waals surface area (Å²) in [5.74, 6) is -0.997. The lowest BCUT2D eigenvalue weighted by atomic mass is 10.2. The molecular formula is C14H16N2O7. The largest absolute Gasteiger partial charge is 0.493 e. The average molecular weight is 324 g/mol. The lowest BCUT2D eigenvalue weighted by molar-refractivity contribution is -0.139. The third-order valence-electron chi connectivity index (χ3n) is 3.31. The van der Waals surface area contributed by atoms with E-state index in [9.17, 15) is 14.4 Å². The molecule has 23 heavy (non-hydrogen) atoms. The van der Waals surface area contributed by atoms with Crippen LogP contribution in [-0.2, 0) is 9.59 Å². The van der Waals surface area contributed by atoms with E-state index in [1.165, 1.54) is 33.5 Å². The summed E-state index contributed by atoms with van der Waals surface area (Å²) in [7, 11) is 4.23. The van der Waals surface area contributed by atoms with Crippen LogP contribution in [0.4, 0.5) is 10.5 Å². The number of carbonyl (C=O) groups is 3. The summed E-state index contributed by atoms with van der Waals surface area (Å²) in [5, 5.41) is 11.1. The number of methoxy groups -OCH3 is 3. The number of benzene rings is 1. The minimum absolute atomic E-state index is 0.190. The molecule has 1 aromatic carbocycles. The lowest BCUT2D eigenvalue weighted by Gasteiger charge is -2.18. The molecule has 0 unspecified atom stereocenters. The Bertz CT molecular complexity index is 634. The molecule has 9 nitrogen and oxygen atoms in total. The van der Waals surface area contributed by atoms with Crippen molar-refractivity contribution in [1.29, 1.82) is 0 Å². The van der Waals surface area contributed by atoms with Crippen molar-refractivity contribution in [2.75, 3.05) is 26.2 Å². The van der Waals surface area contributed by atoms with Gasteiger partial charge in [-0.3, -0.25) is 9.59 Å².